The first kappa shape index (κ1) is 16.4. The lowest BCUT2D eigenvalue weighted by atomic mass is 10.1. The van der Waals surface area contributed by atoms with E-state index in [0.717, 1.165) is 0 Å². The number of aliphatic hydroxyl groups excluding tert-OH is 1. The topological polar surface area (TPSA) is 81.7 Å². The van der Waals surface area contributed by atoms with E-state index in [1.165, 1.54) is 12.1 Å². The van der Waals surface area contributed by atoms with Gasteiger partial charge in [-0.1, -0.05) is 6.07 Å². The molecule has 1 unspecified atom stereocenters. The minimum atomic E-state index is -0.516. The van der Waals surface area contributed by atoms with E-state index in [1.54, 1.807) is 17.9 Å². The summed E-state index contributed by atoms with van der Waals surface area (Å²) >= 11 is 0. The molecule has 22 heavy (non-hydrogen) atoms. The molecular formula is C15H20FN3O3. The van der Waals surface area contributed by atoms with Gasteiger partial charge < -0.3 is 15.7 Å². The number of aliphatic hydroxyl groups is 1. The van der Waals surface area contributed by atoms with Gasteiger partial charge in [0.2, 0.25) is 11.8 Å². The Balaban J connectivity index is 2.01. The van der Waals surface area contributed by atoms with Crippen LogP contribution >= 0.6 is 0 Å². The summed E-state index contributed by atoms with van der Waals surface area (Å²) in [6.07, 6.45) is 0.276. The summed E-state index contributed by atoms with van der Waals surface area (Å²) in [4.78, 5) is 25.6. The highest BCUT2D eigenvalue weighted by Crippen LogP contribution is 2.17. The van der Waals surface area contributed by atoms with Crippen LogP contribution in [0.15, 0.2) is 18.2 Å². The zero-order valence-corrected chi connectivity index (χ0v) is 12.4. The molecule has 3 N–H and O–H groups in total. The Kier molecular flexibility index (Phi) is 5.46. The van der Waals surface area contributed by atoms with E-state index >= 15 is 0 Å². The summed E-state index contributed by atoms with van der Waals surface area (Å²) in [5.74, 6) is -0.880. The monoisotopic (exact) mass is 309 g/mol. The lowest BCUT2D eigenvalue weighted by molar-refractivity contribution is -0.131. The highest BCUT2D eigenvalue weighted by molar-refractivity contribution is 5.93. The summed E-state index contributed by atoms with van der Waals surface area (Å²) in [6, 6.07) is 3.97. The third-order valence-electron chi connectivity index (χ3n) is 3.73. The van der Waals surface area contributed by atoms with Gasteiger partial charge in [-0.2, -0.15) is 0 Å². The Morgan fingerprint density at radius 3 is 3.05 bits per heavy atom. The number of piperazine rings is 1. The summed E-state index contributed by atoms with van der Waals surface area (Å²) in [7, 11) is 0. The summed E-state index contributed by atoms with van der Waals surface area (Å²) in [5.41, 5.74) is 0.796. The minimum Gasteiger partial charge on any atom is -0.396 e. The molecule has 7 heteroatoms. The summed E-state index contributed by atoms with van der Waals surface area (Å²) < 4.78 is 13.5. The Hall–Kier alpha value is -1.99. The Labute approximate surface area is 128 Å². The normalized spacial score (nSPS) is 18.9. The zero-order valence-electron chi connectivity index (χ0n) is 12.4. The molecule has 6 nitrogen and oxygen atoms in total. The van der Waals surface area contributed by atoms with Crippen LogP contribution in [0.1, 0.15) is 12.0 Å². The van der Waals surface area contributed by atoms with Gasteiger partial charge >= 0.3 is 0 Å². The van der Waals surface area contributed by atoms with Gasteiger partial charge in [-0.05, 0) is 25.5 Å². The molecule has 1 atom stereocenters. The van der Waals surface area contributed by atoms with Gasteiger partial charge in [0, 0.05) is 30.9 Å². The van der Waals surface area contributed by atoms with Crippen molar-refractivity contribution in [3.8, 4) is 0 Å². The maximum Gasteiger partial charge on any atom is 0.238 e. The van der Waals surface area contributed by atoms with Gasteiger partial charge in [0.15, 0.2) is 0 Å². The van der Waals surface area contributed by atoms with Crippen LogP contribution in [0.2, 0.25) is 0 Å². The smallest absolute Gasteiger partial charge is 0.238 e. The number of benzene rings is 1. The first-order valence-corrected chi connectivity index (χ1v) is 7.20. The molecule has 1 aromatic rings. The Morgan fingerprint density at radius 2 is 2.32 bits per heavy atom. The highest BCUT2D eigenvalue weighted by Gasteiger charge is 2.30. The summed E-state index contributed by atoms with van der Waals surface area (Å²) in [5, 5.41) is 14.4. The minimum absolute atomic E-state index is 0.0219. The van der Waals surface area contributed by atoms with Crippen molar-refractivity contribution in [2.24, 2.45) is 0 Å². The van der Waals surface area contributed by atoms with Gasteiger partial charge in [0.25, 0.3) is 0 Å². The van der Waals surface area contributed by atoms with Crippen molar-refractivity contribution in [2.75, 3.05) is 31.6 Å². The molecule has 0 saturated carbocycles. The van der Waals surface area contributed by atoms with Crippen LogP contribution in [-0.4, -0.2) is 54.1 Å². The lowest BCUT2D eigenvalue weighted by Gasteiger charge is -2.34. The second kappa shape index (κ2) is 7.33. The van der Waals surface area contributed by atoms with Crippen molar-refractivity contribution in [1.29, 1.82) is 0 Å². The molecular weight excluding hydrogens is 289 g/mol. The molecule has 1 aliphatic rings. The number of carbonyl (C=O) groups excluding carboxylic acids is 2. The maximum absolute atomic E-state index is 13.5. The van der Waals surface area contributed by atoms with Gasteiger partial charge in [0.05, 0.1) is 12.6 Å². The maximum atomic E-state index is 13.5. The molecule has 0 bridgehead atoms. The van der Waals surface area contributed by atoms with E-state index in [4.69, 9.17) is 5.11 Å². The number of anilines is 1. The fourth-order valence-electron chi connectivity index (χ4n) is 2.50. The molecule has 2 rings (SSSR count). The quantitative estimate of drug-likeness (QED) is 0.728. The third-order valence-corrected chi connectivity index (χ3v) is 3.73. The van der Waals surface area contributed by atoms with Crippen molar-refractivity contribution < 1.29 is 19.1 Å². The van der Waals surface area contributed by atoms with E-state index < -0.39 is 6.04 Å². The third kappa shape index (κ3) is 3.80. The van der Waals surface area contributed by atoms with Crippen LogP contribution in [0.3, 0.4) is 0 Å². The molecule has 120 valence electrons. The number of rotatable bonds is 5. The van der Waals surface area contributed by atoms with Gasteiger partial charge in [0.1, 0.15) is 5.82 Å². The Bertz CT molecular complexity index is 565. The van der Waals surface area contributed by atoms with Crippen LogP contribution in [0.25, 0.3) is 0 Å². The predicted octanol–water partition coefficient (Wildman–Crippen LogP) is 0.255. The molecule has 0 spiro atoms. The highest BCUT2D eigenvalue weighted by atomic mass is 19.1. The SMILES string of the molecule is Cc1c(F)cccc1NC(=O)CN1CCNC(=O)C1CCO. The standard InChI is InChI=1S/C15H20FN3O3/c1-10-11(16)3-2-4-12(10)18-14(21)9-19-7-6-17-15(22)13(19)5-8-20/h2-4,13,20H,5-9H2,1H3,(H,17,22)(H,18,21). The molecule has 2 amide bonds. The molecule has 0 aromatic heterocycles. The molecule has 1 aromatic carbocycles. The van der Waals surface area contributed by atoms with E-state index in [2.05, 4.69) is 10.6 Å². The fraction of sp³-hybridized carbons (Fsp3) is 0.467. The number of nitrogens with one attached hydrogen (secondary N) is 2. The average Bonchev–Trinajstić information content (AvgIpc) is 2.47. The van der Waals surface area contributed by atoms with Crippen molar-refractivity contribution in [1.82, 2.24) is 10.2 Å². The number of nitrogens with zero attached hydrogens (tertiary/aromatic N) is 1. The van der Waals surface area contributed by atoms with Crippen molar-refractivity contribution >= 4 is 17.5 Å². The number of hydrogen-bond acceptors (Lipinski definition) is 4. The zero-order chi connectivity index (χ0) is 16.1. The second-order valence-electron chi connectivity index (χ2n) is 5.25. The first-order chi connectivity index (χ1) is 10.5. The van der Waals surface area contributed by atoms with E-state index in [0.29, 0.717) is 24.3 Å². The van der Waals surface area contributed by atoms with Gasteiger partial charge in [-0.25, -0.2) is 4.39 Å². The fourth-order valence-corrected chi connectivity index (χ4v) is 2.50. The molecule has 1 fully saturated rings. The van der Waals surface area contributed by atoms with Crippen LogP contribution in [0.5, 0.6) is 0 Å². The van der Waals surface area contributed by atoms with Gasteiger partial charge in [-0.15, -0.1) is 0 Å². The number of hydrogen-bond donors (Lipinski definition) is 3. The first-order valence-electron chi connectivity index (χ1n) is 7.20. The largest absolute Gasteiger partial charge is 0.396 e. The lowest BCUT2D eigenvalue weighted by Crippen LogP contribution is -2.57. The molecule has 0 radical (unpaired) electrons. The molecule has 1 aliphatic heterocycles. The molecule has 1 saturated heterocycles. The number of halogens is 1. The van der Waals surface area contributed by atoms with E-state index in [1.807, 2.05) is 0 Å². The Morgan fingerprint density at radius 1 is 1.55 bits per heavy atom. The van der Waals surface area contributed by atoms with E-state index in [9.17, 15) is 14.0 Å². The van der Waals surface area contributed by atoms with Crippen LogP contribution in [-0.2, 0) is 9.59 Å². The van der Waals surface area contributed by atoms with Crippen molar-refractivity contribution in [3.63, 3.8) is 0 Å². The molecule has 0 aliphatic carbocycles. The molecule has 1 heterocycles. The average molecular weight is 309 g/mol. The van der Waals surface area contributed by atoms with Crippen LogP contribution in [0, 0.1) is 12.7 Å². The van der Waals surface area contributed by atoms with Crippen LogP contribution < -0.4 is 10.6 Å². The predicted molar refractivity (Wildman–Crippen MR) is 79.8 cm³/mol. The second-order valence-corrected chi connectivity index (χ2v) is 5.25. The van der Waals surface area contributed by atoms with Gasteiger partial charge in [-0.3, -0.25) is 14.5 Å². The summed E-state index contributed by atoms with van der Waals surface area (Å²) in [6.45, 7) is 2.49. The number of carbonyl (C=O) groups is 2. The van der Waals surface area contributed by atoms with Crippen molar-refractivity contribution in [2.45, 2.75) is 19.4 Å². The van der Waals surface area contributed by atoms with Crippen molar-refractivity contribution in [3.05, 3.63) is 29.6 Å². The van der Waals surface area contributed by atoms with Crippen LogP contribution in [0.4, 0.5) is 10.1 Å². The number of amides is 2. The van der Waals surface area contributed by atoms with E-state index in [-0.39, 0.29) is 37.2 Å².